The van der Waals surface area contributed by atoms with Crippen molar-refractivity contribution in [2.24, 2.45) is 0 Å². The molecule has 4 atom stereocenters. The van der Waals surface area contributed by atoms with Crippen molar-refractivity contribution >= 4 is 70.9 Å². The average Bonchev–Trinajstić information content (AvgIpc) is 4.02. The summed E-state index contributed by atoms with van der Waals surface area (Å²) >= 11 is 0. The number of benzene rings is 4. The monoisotopic (exact) mass is 1070 g/mol. The van der Waals surface area contributed by atoms with Gasteiger partial charge in [0.15, 0.2) is 0 Å². The van der Waals surface area contributed by atoms with Crippen LogP contribution in [0.3, 0.4) is 0 Å². The van der Waals surface area contributed by atoms with E-state index >= 15 is 0 Å². The van der Waals surface area contributed by atoms with Gasteiger partial charge in [0, 0.05) is 100 Å². The Balaban J connectivity index is 0.000000192. The number of aromatic nitrogens is 6. The maximum atomic E-state index is 6.42. The van der Waals surface area contributed by atoms with E-state index in [-0.39, 0.29) is 37.2 Å². The van der Waals surface area contributed by atoms with Gasteiger partial charge in [-0.2, -0.15) is 0 Å². The summed E-state index contributed by atoms with van der Waals surface area (Å²) in [5, 5.41) is 1.88. The molecule has 4 aliphatic rings. The van der Waals surface area contributed by atoms with E-state index in [9.17, 15) is 0 Å². The lowest BCUT2D eigenvalue weighted by atomic mass is 9.89. The predicted octanol–water partition coefficient (Wildman–Crippen LogP) is 11.7. The first kappa shape index (κ1) is 55.3. The predicted molar refractivity (Wildman–Crippen MR) is 310 cm³/mol. The summed E-state index contributed by atoms with van der Waals surface area (Å²) in [7, 11) is 4.44. The molecule has 4 aromatic heterocycles. The number of para-hydroxylation sites is 2. The van der Waals surface area contributed by atoms with Gasteiger partial charge in [-0.3, -0.25) is 9.80 Å². The van der Waals surface area contributed by atoms with Gasteiger partial charge < -0.3 is 39.9 Å². The third kappa shape index (κ3) is 12.5. The molecule has 396 valence electrons. The lowest BCUT2D eigenvalue weighted by Crippen LogP contribution is -2.50. The van der Waals surface area contributed by atoms with Crippen molar-refractivity contribution in [1.82, 2.24) is 48.7 Å². The fourth-order valence-corrected chi connectivity index (χ4v) is 11.7. The van der Waals surface area contributed by atoms with E-state index in [1.165, 1.54) is 38.5 Å². The van der Waals surface area contributed by atoms with Crippen molar-refractivity contribution in [3.8, 4) is 45.3 Å². The van der Waals surface area contributed by atoms with Gasteiger partial charge in [0.1, 0.15) is 58.6 Å². The van der Waals surface area contributed by atoms with Crippen molar-refractivity contribution in [3.05, 3.63) is 134 Å². The van der Waals surface area contributed by atoms with Gasteiger partial charge in [0.2, 0.25) is 0 Å². The second-order valence-corrected chi connectivity index (χ2v) is 20.3. The quantitative estimate of drug-likeness (QED) is 0.134. The van der Waals surface area contributed by atoms with Crippen molar-refractivity contribution < 1.29 is 9.47 Å². The van der Waals surface area contributed by atoms with E-state index in [4.69, 9.17) is 30.9 Å². The largest absolute Gasteiger partial charge is 0.457 e. The average molecular weight is 1070 g/mol. The van der Waals surface area contributed by atoms with Crippen LogP contribution in [-0.4, -0.2) is 127 Å². The number of ether oxygens (including phenoxy) is 2. The molecule has 0 spiro atoms. The van der Waals surface area contributed by atoms with E-state index in [0.29, 0.717) is 35.8 Å². The fraction of sp³-hybridized carbons (Fsp3) is 0.379. The molecule has 17 heteroatoms. The maximum absolute atomic E-state index is 6.42. The van der Waals surface area contributed by atoms with E-state index in [1.54, 1.807) is 12.7 Å². The van der Waals surface area contributed by atoms with Crippen LogP contribution < -0.4 is 20.9 Å². The number of hydrogen-bond donors (Lipinski definition) is 2. The second kappa shape index (κ2) is 25.2. The van der Waals surface area contributed by atoms with Crippen molar-refractivity contribution in [1.29, 1.82) is 0 Å². The number of likely N-dealkylation sites (N-methyl/N-ethyl adjacent to an activating group) is 2. The fourth-order valence-electron chi connectivity index (χ4n) is 11.7. The Kier molecular flexibility index (Phi) is 18.6. The van der Waals surface area contributed by atoms with Crippen molar-refractivity contribution in [2.75, 3.05) is 77.9 Å². The highest BCUT2D eigenvalue weighted by Gasteiger charge is 2.33. The number of anilines is 2. The van der Waals surface area contributed by atoms with Crippen LogP contribution in [0.15, 0.2) is 134 Å². The summed E-state index contributed by atoms with van der Waals surface area (Å²) in [5.41, 5.74) is 19.1. The molecular weight excluding hydrogens is 1000 g/mol. The topological polar surface area (TPSA) is 145 Å². The first-order chi connectivity index (χ1) is 35.3. The number of nitrogens with zero attached hydrogens (tertiary/aromatic N) is 10. The molecule has 2 aliphatic carbocycles. The second-order valence-electron chi connectivity index (χ2n) is 20.3. The standard InChI is InChI=1S/2C29H34N6O.3ClH/c2*1-33-14-16-34(17-15-33)22-6-5-7-23(18-22)35-19-26(27-28(30)31-20-32-29(27)35)21-10-12-25(13-11-21)36-24-8-3-2-4-9-24;;;/h2*2-4,8-13,19-20,22-23H,5-7,14-18H2,1H3,(H2,30,31,32);3*1H. The van der Waals surface area contributed by atoms with Crippen LogP contribution >= 0.6 is 37.2 Å². The Bertz CT molecular complexity index is 2850. The molecule has 2 aliphatic heterocycles. The first-order valence-electron chi connectivity index (χ1n) is 26.0. The summed E-state index contributed by atoms with van der Waals surface area (Å²) in [6, 6.07) is 38.2. The van der Waals surface area contributed by atoms with Crippen LogP contribution in [-0.2, 0) is 0 Å². The maximum Gasteiger partial charge on any atom is 0.146 e. The number of piperazine rings is 2. The smallest absolute Gasteiger partial charge is 0.146 e. The number of halogens is 3. The first-order valence-corrected chi connectivity index (χ1v) is 26.0. The van der Waals surface area contributed by atoms with Crippen LogP contribution in [0.5, 0.6) is 23.0 Å². The number of rotatable bonds is 10. The number of hydrogen-bond acceptors (Lipinski definition) is 12. The van der Waals surface area contributed by atoms with Crippen LogP contribution in [0, 0.1) is 0 Å². The van der Waals surface area contributed by atoms with E-state index in [0.717, 1.165) is 133 Å². The molecular formula is C58H71Cl3N12O2. The minimum atomic E-state index is 0. The number of fused-ring (bicyclic) bond motifs is 2. The SMILES string of the molecule is CN1CCN(C2CCCC(n3cc(-c4ccc(Oc5ccccc5)cc4)c4c(N)ncnc43)C2)CC1.CN1CCN(C2CCCC(n3cc(-c4ccc(Oc5ccccc5)cc4)c4c(N)ncnc43)C2)CC1.Cl.Cl.Cl. The van der Waals surface area contributed by atoms with Crippen LogP contribution in [0.1, 0.15) is 63.5 Å². The third-order valence-corrected chi connectivity index (χ3v) is 15.7. The molecule has 6 heterocycles. The Morgan fingerprint density at radius 2 is 0.773 bits per heavy atom. The third-order valence-electron chi connectivity index (χ3n) is 15.7. The lowest BCUT2D eigenvalue weighted by molar-refractivity contribution is 0.0791. The minimum Gasteiger partial charge on any atom is -0.457 e. The molecule has 4 N–H and O–H groups in total. The summed E-state index contributed by atoms with van der Waals surface area (Å²) in [6.07, 6.45) is 17.4. The molecule has 4 unspecified atom stereocenters. The Labute approximate surface area is 459 Å². The molecule has 0 amide bonds. The van der Waals surface area contributed by atoms with E-state index < -0.39 is 0 Å². The van der Waals surface area contributed by atoms with Gasteiger partial charge in [-0.05, 0) is 125 Å². The zero-order valence-corrected chi connectivity index (χ0v) is 45.4. The summed E-state index contributed by atoms with van der Waals surface area (Å²) in [6.45, 7) is 9.29. The molecule has 4 fully saturated rings. The lowest BCUT2D eigenvalue weighted by Gasteiger charge is -2.42. The molecule has 0 radical (unpaired) electrons. The molecule has 14 nitrogen and oxygen atoms in total. The zero-order chi connectivity index (χ0) is 49.0. The Hall–Kier alpha value is -5.97. The van der Waals surface area contributed by atoms with Gasteiger partial charge in [-0.25, -0.2) is 19.9 Å². The molecule has 12 rings (SSSR count). The minimum absolute atomic E-state index is 0. The highest BCUT2D eigenvalue weighted by atomic mass is 35.5. The molecule has 2 saturated heterocycles. The van der Waals surface area contributed by atoms with Gasteiger partial charge in [0.05, 0.1) is 10.8 Å². The van der Waals surface area contributed by atoms with Crippen LogP contribution in [0.25, 0.3) is 44.3 Å². The molecule has 8 aromatic rings. The van der Waals surface area contributed by atoms with Gasteiger partial charge >= 0.3 is 0 Å². The molecule has 4 aromatic carbocycles. The number of nitrogen functional groups attached to an aromatic ring is 2. The van der Waals surface area contributed by atoms with Crippen LogP contribution in [0.4, 0.5) is 11.6 Å². The van der Waals surface area contributed by atoms with Crippen LogP contribution in [0.2, 0.25) is 0 Å². The highest BCUT2D eigenvalue weighted by molar-refractivity contribution is 6.01. The summed E-state index contributed by atoms with van der Waals surface area (Å²) in [5.74, 6) is 4.33. The van der Waals surface area contributed by atoms with Gasteiger partial charge in [-0.15, -0.1) is 37.2 Å². The van der Waals surface area contributed by atoms with Crippen molar-refractivity contribution in [3.63, 3.8) is 0 Å². The summed E-state index contributed by atoms with van der Waals surface area (Å²) < 4.78 is 16.7. The Morgan fingerprint density at radius 3 is 1.15 bits per heavy atom. The Morgan fingerprint density at radius 1 is 0.427 bits per heavy atom. The normalized spacial score (nSPS) is 20.7. The zero-order valence-electron chi connectivity index (χ0n) is 43.0. The highest BCUT2D eigenvalue weighted by Crippen LogP contribution is 2.42. The summed E-state index contributed by atoms with van der Waals surface area (Å²) in [4.78, 5) is 28.4. The van der Waals surface area contributed by atoms with E-state index in [1.807, 2.05) is 84.9 Å². The molecule has 2 saturated carbocycles. The molecule has 0 bridgehead atoms. The van der Waals surface area contributed by atoms with E-state index in [2.05, 4.69) is 89.5 Å². The van der Waals surface area contributed by atoms with Gasteiger partial charge in [-0.1, -0.05) is 60.7 Å². The van der Waals surface area contributed by atoms with Crippen molar-refractivity contribution in [2.45, 2.75) is 75.5 Å². The van der Waals surface area contributed by atoms with Gasteiger partial charge in [0.25, 0.3) is 0 Å². The molecule has 75 heavy (non-hydrogen) atoms. The number of nitrogens with two attached hydrogens (primary N) is 2.